The molecule has 0 fully saturated rings. The normalized spacial score (nSPS) is 12.5. The molecule has 0 spiro atoms. The zero-order chi connectivity index (χ0) is 21.9. The van der Waals surface area contributed by atoms with Crippen LogP contribution in [-0.2, 0) is 21.2 Å². The highest BCUT2D eigenvalue weighted by atomic mass is 32.2. The molecule has 154 valence electrons. The first-order valence-electron chi connectivity index (χ1n) is 8.64. The van der Waals surface area contributed by atoms with Crippen molar-refractivity contribution in [1.82, 2.24) is 4.57 Å². The van der Waals surface area contributed by atoms with Crippen molar-refractivity contribution in [2.75, 3.05) is 6.26 Å². The van der Waals surface area contributed by atoms with Crippen LogP contribution in [-0.4, -0.2) is 30.1 Å². The fourth-order valence-corrected chi connectivity index (χ4v) is 4.52. The number of nitro benzene ring substituents is 1. The summed E-state index contributed by atoms with van der Waals surface area (Å²) >= 11 is 1.19. The van der Waals surface area contributed by atoms with Crippen LogP contribution >= 0.6 is 11.3 Å². The summed E-state index contributed by atoms with van der Waals surface area (Å²) in [7, 11) is -3.36. The van der Waals surface area contributed by atoms with Crippen molar-refractivity contribution >= 4 is 49.1 Å². The molecule has 0 aliphatic carbocycles. The first-order valence-corrected chi connectivity index (χ1v) is 11.4. The van der Waals surface area contributed by atoms with Gasteiger partial charge >= 0.3 is 0 Å². The van der Waals surface area contributed by atoms with Crippen LogP contribution in [0.25, 0.3) is 16.3 Å². The van der Waals surface area contributed by atoms with Crippen molar-refractivity contribution in [3.05, 3.63) is 81.7 Å². The van der Waals surface area contributed by atoms with E-state index in [0.29, 0.717) is 21.6 Å². The number of sulfone groups is 1. The summed E-state index contributed by atoms with van der Waals surface area (Å²) in [5.41, 5.74) is 1.17. The summed E-state index contributed by atoms with van der Waals surface area (Å²) in [5.74, 6) is -0.547. The molecule has 1 heterocycles. The van der Waals surface area contributed by atoms with Gasteiger partial charge in [0.15, 0.2) is 14.6 Å². The first kappa shape index (κ1) is 21.3. The molecule has 30 heavy (non-hydrogen) atoms. The molecule has 1 amide bonds. The highest BCUT2D eigenvalue weighted by Crippen LogP contribution is 2.22. The zero-order valence-corrected chi connectivity index (χ0v) is 17.5. The van der Waals surface area contributed by atoms with Gasteiger partial charge in [-0.05, 0) is 29.8 Å². The predicted octanol–water partition coefficient (Wildman–Crippen LogP) is 3.34. The topological polar surface area (TPSA) is 112 Å². The Morgan fingerprint density at radius 1 is 1.30 bits per heavy atom. The molecule has 0 unspecified atom stereocenters. The fourth-order valence-electron chi connectivity index (χ4n) is 2.72. The molecule has 0 atom stereocenters. The van der Waals surface area contributed by atoms with Gasteiger partial charge in [0.2, 0.25) is 0 Å². The number of hydrogen-bond acceptors (Lipinski definition) is 6. The Hall–Kier alpha value is -3.37. The number of nitrogens with zero attached hydrogens (tertiary/aromatic N) is 3. The van der Waals surface area contributed by atoms with Crippen molar-refractivity contribution in [3.8, 4) is 0 Å². The number of hydrogen-bond donors (Lipinski definition) is 0. The molecule has 0 aliphatic heterocycles. The lowest BCUT2D eigenvalue weighted by atomic mass is 10.2. The molecule has 8 nitrogen and oxygen atoms in total. The van der Waals surface area contributed by atoms with E-state index in [1.165, 1.54) is 47.8 Å². The van der Waals surface area contributed by atoms with Gasteiger partial charge in [0.1, 0.15) is 0 Å². The van der Waals surface area contributed by atoms with Gasteiger partial charge in [0, 0.05) is 31.0 Å². The lowest BCUT2D eigenvalue weighted by molar-refractivity contribution is -0.384. The Kier molecular flexibility index (Phi) is 6.09. The summed E-state index contributed by atoms with van der Waals surface area (Å²) in [6.45, 7) is 4.10. The molecule has 0 saturated heterocycles. The first-order chi connectivity index (χ1) is 14.2. The SMILES string of the molecule is C=CCn1c(=NC(=O)C=Cc2cccc([N+](=O)[O-])c2)sc2cc(S(C)(=O)=O)ccc21. The van der Waals surface area contributed by atoms with Crippen LogP contribution in [0.5, 0.6) is 0 Å². The van der Waals surface area contributed by atoms with E-state index in [1.807, 2.05) is 0 Å². The van der Waals surface area contributed by atoms with Gasteiger partial charge in [-0.1, -0.05) is 29.5 Å². The van der Waals surface area contributed by atoms with Crippen LogP contribution in [0.15, 0.2) is 71.1 Å². The summed E-state index contributed by atoms with van der Waals surface area (Å²) in [4.78, 5) is 27.4. The van der Waals surface area contributed by atoms with Crippen molar-refractivity contribution in [1.29, 1.82) is 0 Å². The molecular weight excluding hydrogens is 426 g/mol. The van der Waals surface area contributed by atoms with Gasteiger partial charge in [-0.15, -0.1) is 6.58 Å². The third kappa shape index (κ3) is 4.78. The van der Waals surface area contributed by atoms with E-state index < -0.39 is 20.7 Å². The third-order valence-corrected chi connectivity index (χ3v) is 6.25. The van der Waals surface area contributed by atoms with Gasteiger partial charge in [-0.25, -0.2) is 8.42 Å². The summed E-state index contributed by atoms with van der Waals surface area (Å²) in [5, 5.41) is 10.9. The minimum absolute atomic E-state index is 0.0726. The van der Waals surface area contributed by atoms with Gasteiger partial charge in [-0.3, -0.25) is 14.9 Å². The summed E-state index contributed by atoms with van der Waals surface area (Å²) < 4.78 is 26.1. The molecule has 0 radical (unpaired) electrons. The number of benzene rings is 2. The number of allylic oxidation sites excluding steroid dienone is 1. The quantitative estimate of drug-likeness (QED) is 0.251. The zero-order valence-electron chi connectivity index (χ0n) is 15.9. The van der Waals surface area contributed by atoms with Crippen molar-refractivity contribution in [2.45, 2.75) is 11.4 Å². The van der Waals surface area contributed by atoms with E-state index in [1.54, 1.807) is 28.8 Å². The largest absolute Gasteiger partial charge is 0.312 e. The van der Waals surface area contributed by atoms with Crippen LogP contribution in [0.3, 0.4) is 0 Å². The van der Waals surface area contributed by atoms with Gasteiger partial charge in [-0.2, -0.15) is 4.99 Å². The Morgan fingerprint density at radius 3 is 2.73 bits per heavy atom. The summed E-state index contributed by atoms with van der Waals surface area (Å²) in [6.07, 6.45) is 5.46. The van der Waals surface area contributed by atoms with E-state index >= 15 is 0 Å². The van der Waals surface area contributed by atoms with E-state index in [2.05, 4.69) is 11.6 Å². The lowest BCUT2D eigenvalue weighted by Crippen LogP contribution is -2.15. The molecule has 2 aromatic carbocycles. The number of rotatable bonds is 6. The second-order valence-corrected chi connectivity index (χ2v) is 9.35. The molecule has 0 saturated carbocycles. The minimum Gasteiger partial charge on any atom is -0.312 e. The number of thiazole rings is 1. The van der Waals surface area contributed by atoms with E-state index in [-0.39, 0.29) is 10.6 Å². The molecule has 0 aliphatic rings. The fraction of sp³-hybridized carbons (Fsp3) is 0.100. The molecule has 1 aromatic heterocycles. The molecule has 3 aromatic rings. The van der Waals surface area contributed by atoms with E-state index in [4.69, 9.17) is 0 Å². The Bertz CT molecular complexity index is 1360. The smallest absolute Gasteiger partial charge is 0.272 e. The van der Waals surface area contributed by atoms with Gasteiger partial charge in [0.05, 0.1) is 20.0 Å². The van der Waals surface area contributed by atoms with Crippen molar-refractivity contribution < 1.29 is 18.1 Å². The Morgan fingerprint density at radius 2 is 2.07 bits per heavy atom. The van der Waals surface area contributed by atoms with E-state index in [0.717, 1.165) is 11.8 Å². The lowest BCUT2D eigenvalue weighted by Gasteiger charge is -2.02. The average molecular weight is 444 g/mol. The molecule has 3 rings (SSSR count). The van der Waals surface area contributed by atoms with Crippen molar-refractivity contribution in [2.24, 2.45) is 4.99 Å². The number of carbonyl (C=O) groups excluding carboxylic acids is 1. The maximum Gasteiger partial charge on any atom is 0.272 e. The highest BCUT2D eigenvalue weighted by molar-refractivity contribution is 7.90. The second kappa shape index (κ2) is 8.56. The van der Waals surface area contributed by atoms with Crippen LogP contribution in [0.1, 0.15) is 5.56 Å². The highest BCUT2D eigenvalue weighted by Gasteiger charge is 2.12. The van der Waals surface area contributed by atoms with Crippen LogP contribution in [0.2, 0.25) is 0 Å². The van der Waals surface area contributed by atoms with Crippen molar-refractivity contribution in [3.63, 3.8) is 0 Å². The van der Waals surface area contributed by atoms with Gasteiger partial charge < -0.3 is 4.57 Å². The molecular formula is C20H17N3O5S2. The van der Waals surface area contributed by atoms with Crippen LogP contribution in [0.4, 0.5) is 5.69 Å². The predicted molar refractivity (Wildman–Crippen MR) is 116 cm³/mol. The number of nitro groups is 1. The monoisotopic (exact) mass is 443 g/mol. The number of amides is 1. The molecule has 10 heteroatoms. The van der Waals surface area contributed by atoms with Crippen LogP contribution in [0, 0.1) is 10.1 Å². The standard InChI is InChI=1S/C20H17N3O5S2/c1-3-11-22-17-9-8-16(30(2,27)28)13-18(17)29-20(22)21-19(24)10-7-14-5-4-6-15(12-14)23(25)26/h3-10,12-13H,1,11H2,2H3. The summed E-state index contributed by atoms with van der Waals surface area (Å²) in [6, 6.07) is 10.6. The maximum atomic E-state index is 12.3. The third-order valence-electron chi connectivity index (χ3n) is 4.10. The number of aromatic nitrogens is 1. The second-order valence-electron chi connectivity index (χ2n) is 6.32. The van der Waals surface area contributed by atoms with Gasteiger partial charge in [0.25, 0.3) is 11.6 Å². The Balaban J connectivity index is 2.00. The molecule has 0 N–H and O–H groups in total. The number of non-ortho nitro benzene ring substituents is 1. The maximum absolute atomic E-state index is 12.3. The van der Waals surface area contributed by atoms with Crippen LogP contribution < -0.4 is 4.80 Å². The average Bonchev–Trinajstić information content (AvgIpc) is 3.02. The number of fused-ring (bicyclic) bond motifs is 1. The van der Waals surface area contributed by atoms with E-state index in [9.17, 15) is 23.3 Å². The molecule has 0 bridgehead atoms. The Labute approximate surface area is 176 Å². The number of carbonyl (C=O) groups is 1. The minimum atomic E-state index is -3.36.